The Balaban J connectivity index is 2.28. The molecular formula is C20H26N2O2. The fraction of sp³-hybridized carbons (Fsp3) is 0.400. The number of carbonyl (C=O) groups is 1. The Hall–Kier alpha value is -2.36. The van der Waals surface area contributed by atoms with Crippen molar-refractivity contribution >= 4 is 5.91 Å². The number of nitrogens with zero attached hydrogens (tertiary/aromatic N) is 2. The number of carbonyl (C=O) groups excluding carboxylic acids is 1. The molecule has 0 aliphatic heterocycles. The summed E-state index contributed by atoms with van der Waals surface area (Å²) < 4.78 is 5.23. The van der Waals surface area contributed by atoms with Crippen LogP contribution in [-0.2, 0) is 0 Å². The molecule has 0 saturated heterocycles. The zero-order valence-electron chi connectivity index (χ0n) is 15.0. The molecule has 24 heavy (non-hydrogen) atoms. The average Bonchev–Trinajstić information content (AvgIpc) is 2.62. The van der Waals surface area contributed by atoms with E-state index >= 15 is 0 Å². The van der Waals surface area contributed by atoms with Gasteiger partial charge in [-0.05, 0) is 48.7 Å². The number of ether oxygens (including phenoxy) is 1. The van der Waals surface area contributed by atoms with E-state index in [-0.39, 0.29) is 11.9 Å². The van der Waals surface area contributed by atoms with Crippen LogP contribution < -0.4 is 4.74 Å². The molecule has 1 unspecified atom stereocenters. The van der Waals surface area contributed by atoms with E-state index in [9.17, 15) is 4.79 Å². The van der Waals surface area contributed by atoms with E-state index in [4.69, 9.17) is 4.74 Å². The van der Waals surface area contributed by atoms with E-state index in [1.807, 2.05) is 55.4 Å². The molecule has 0 aliphatic rings. The normalized spacial score (nSPS) is 11.8. The molecule has 1 atom stereocenters. The zero-order valence-corrected chi connectivity index (χ0v) is 15.0. The summed E-state index contributed by atoms with van der Waals surface area (Å²) in [7, 11) is 3.50. The second kappa shape index (κ2) is 8.48. The Kier molecular flexibility index (Phi) is 6.36. The summed E-state index contributed by atoms with van der Waals surface area (Å²) in [6, 6.07) is 9.56. The van der Waals surface area contributed by atoms with Crippen molar-refractivity contribution in [3.8, 4) is 5.75 Å². The van der Waals surface area contributed by atoms with Crippen LogP contribution in [0, 0.1) is 6.92 Å². The molecule has 1 aromatic carbocycles. The third kappa shape index (κ3) is 4.13. The van der Waals surface area contributed by atoms with Crippen LogP contribution in [-0.4, -0.2) is 29.9 Å². The molecule has 2 aromatic rings. The summed E-state index contributed by atoms with van der Waals surface area (Å²) in [6.45, 7) is 4.10. The van der Waals surface area contributed by atoms with Crippen molar-refractivity contribution in [2.75, 3.05) is 14.2 Å². The lowest BCUT2D eigenvalue weighted by Gasteiger charge is -2.29. The summed E-state index contributed by atoms with van der Waals surface area (Å²) >= 11 is 0. The standard InChI is InChI=1S/C20H26N2O2/c1-5-6-9-19(16-8-7-12-21-14-16)22(3)20(23)18-11-10-17(24-4)13-15(18)2/h7-8,10-14,19H,5-6,9H2,1-4H3. The quantitative estimate of drug-likeness (QED) is 0.757. The minimum atomic E-state index is 0.0279. The van der Waals surface area contributed by atoms with Gasteiger partial charge >= 0.3 is 0 Å². The fourth-order valence-electron chi connectivity index (χ4n) is 2.89. The van der Waals surface area contributed by atoms with Gasteiger partial charge in [-0.25, -0.2) is 0 Å². The Labute approximate surface area is 144 Å². The summed E-state index contributed by atoms with van der Waals surface area (Å²) in [4.78, 5) is 19.1. The molecule has 0 bridgehead atoms. The van der Waals surface area contributed by atoms with Crippen molar-refractivity contribution in [3.63, 3.8) is 0 Å². The van der Waals surface area contributed by atoms with Crippen LogP contribution in [0.15, 0.2) is 42.7 Å². The van der Waals surface area contributed by atoms with Gasteiger partial charge in [-0.3, -0.25) is 9.78 Å². The van der Waals surface area contributed by atoms with Gasteiger partial charge in [-0.15, -0.1) is 0 Å². The highest BCUT2D eigenvalue weighted by Gasteiger charge is 2.23. The van der Waals surface area contributed by atoms with Crippen LogP contribution in [0.1, 0.15) is 53.7 Å². The molecule has 0 radical (unpaired) electrons. The van der Waals surface area contributed by atoms with Crippen molar-refractivity contribution in [1.29, 1.82) is 0 Å². The third-order valence-corrected chi connectivity index (χ3v) is 4.35. The van der Waals surface area contributed by atoms with Gasteiger partial charge in [-0.2, -0.15) is 0 Å². The molecular weight excluding hydrogens is 300 g/mol. The molecule has 0 N–H and O–H groups in total. The summed E-state index contributed by atoms with van der Waals surface area (Å²) in [6.07, 6.45) is 6.71. The number of aryl methyl sites for hydroxylation is 1. The first-order valence-electron chi connectivity index (χ1n) is 8.40. The highest BCUT2D eigenvalue weighted by molar-refractivity contribution is 5.96. The van der Waals surface area contributed by atoms with Gasteiger partial charge < -0.3 is 9.64 Å². The summed E-state index contributed by atoms with van der Waals surface area (Å²) in [5.74, 6) is 0.793. The topological polar surface area (TPSA) is 42.4 Å². The average molecular weight is 326 g/mol. The van der Waals surface area contributed by atoms with Crippen LogP contribution in [0.5, 0.6) is 5.75 Å². The van der Waals surface area contributed by atoms with Crippen LogP contribution in [0.25, 0.3) is 0 Å². The largest absolute Gasteiger partial charge is 0.497 e. The second-order valence-electron chi connectivity index (χ2n) is 6.04. The Morgan fingerprint density at radius 2 is 2.12 bits per heavy atom. The van der Waals surface area contributed by atoms with Gasteiger partial charge in [0.2, 0.25) is 0 Å². The first-order valence-corrected chi connectivity index (χ1v) is 8.40. The van der Waals surface area contributed by atoms with Crippen molar-refractivity contribution < 1.29 is 9.53 Å². The lowest BCUT2D eigenvalue weighted by molar-refractivity contribution is 0.0719. The number of aromatic nitrogens is 1. The SMILES string of the molecule is CCCCC(c1cccnc1)N(C)C(=O)c1ccc(OC)cc1C. The molecule has 1 heterocycles. The van der Waals surface area contributed by atoms with Gasteiger partial charge in [0, 0.05) is 25.0 Å². The van der Waals surface area contributed by atoms with E-state index in [1.54, 1.807) is 13.3 Å². The van der Waals surface area contributed by atoms with E-state index < -0.39 is 0 Å². The Bertz CT molecular complexity index is 671. The number of rotatable bonds is 7. The van der Waals surface area contributed by atoms with Crippen molar-refractivity contribution in [2.45, 2.75) is 39.2 Å². The molecule has 0 fully saturated rings. The molecule has 0 aliphatic carbocycles. The van der Waals surface area contributed by atoms with E-state index in [1.165, 1.54) is 0 Å². The second-order valence-corrected chi connectivity index (χ2v) is 6.04. The van der Waals surface area contributed by atoms with Gasteiger partial charge in [0.25, 0.3) is 5.91 Å². The fourth-order valence-corrected chi connectivity index (χ4v) is 2.89. The minimum absolute atomic E-state index is 0.0279. The first kappa shape index (κ1) is 18.0. The predicted molar refractivity (Wildman–Crippen MR) is 96.3 cm³/mol. The van der Waals surface area contributed by atoms with Gasteiger partial charge in [0.05, 0.1) is 13.2 Å². The Morgan fingerprint density at radius 1 is 1.33 bits per heavy atom. The molecule has 0 saturated carbocycles. The van der Waals surface area contributed by atoms with Gasteiger partial charge in [-0.1, -0.05) is 25.8 Å². The maximum atomic E-state index is 13.0. The molecule has 1 aromatic heterocycles. The molecule has 4 heteroatoms. The zero-order chi connectivity index (χ0) is 17.5. The van der Waals surface area contributed by atoms with Crippen molar-refractivity contribution in [1.82, 2.24) is 9.88 Å². The van der Waals surface area contributed by atoms with Crippen LogP contribution in [0.4, 0.5) is 0 Å². The smallest absolute Gasteiger partial charge is 0.254 e. The molecule has 4 nitrogen and oxygen atoms in total. The Morgan fingerprint density at radius 3 is 2.71 bits per heavy atom. The number of pyridine rings is 1. The first-order chi connectivity index (χ1) is 11.6. The number of hydrogen-bond donors (Lipinski definition) is 0. The van der Waals surface area contributed by atoms with Crippen LogP contribution >= 0.6 is 0 Å². The van der Waals surface area contributed by atoms with Crippen molar-refractivity contribution in [2.24, 2.45) is 0 Å². The van der Waals surface area contributed by atoms with E-state index in [0.717, 1.165) is 36.1 Å². The molecule has 128 valence electrons. The highest BCUT2D eigenvalue weighted by atomic mass is 16.5. The summed E-state index contributed by atoms with van der Waals surface area (Å²) in [5.41, 5.74) is 2.71. The third-order valence-electron chi connectivity index (χ3n) is 4.35. The van der Waals surface area contributed by atoms with Gasteiger partial charge in [0.15, 0.2) is 0 Å². The lowest BCUT2D eigenvalue weighted by Crippen LogP contribution is -2.32. The monoisotopic (exact) mass is 326 g/mol. The van der Waals surface area contributed by atoms with Crippen LogP contribution in [0.3, 0.4) is 0 Å². The maximum absolute atomic E-state index is 13.0. The molecule has 1 amide bonds. The maximum Gasteiger partial charge on any atom is 0.254 e. The van der Waals surface area contributed by atoms with Crippen molar-refractivity contribution in [3.05, 3.63) is 59.4 Å². The minimum Gasteiger partial charge on any atom is -0.497 e. The van der Waals surface area contributed by atoms with E-state index in [2.05, 4.69) is 11.9 Å². The van der Waals surface area contributed by atoms with Crippen LogP contribution in [0.2, 0.25) is 0 Å². The van der Waals surface area contributed by atoms with Gasteiger partial charge in [0.1, 0.15) is 5.75 Å². The lowest BCUT2D eigenvalue weighted by atomic mass is 9.99. The number of benzene rings is 1. The predicted octanol–water partition coefficient (Wildman–Crippen LogP) is 4.40. The molecule has 2 rings (SSSR count). The summed E-state index contributed by atoms with van der Waals surface area (Å²) in [5, 5.41) is 0. The number of unbranched alkanes of at least 4 members (excludes halogenated alkanes) is 1. The molecule has 0 spiro atoms. The van der Waals surface area contributed by atoms with E-state index in [0.29, 0.717) is 5.56 Å². The number of hydrogen-bond acceptors (Lipinski definition) is 3. The number of amides is 1. The highest BCUT2D eigenvalue weighted by Crippen LogP contribution is 2.27. The number of methoxy groups -OCH3 is 1.